The van der Waals surface area contributed by atoms with Crippen LogP contribution in [0.2, 0.25) is 0 Å². The first-order chi connectivity index (χ1) is 5.83. The van der Waals surface area contributed by atoms with Gasteiger partial charge in [-0.2, -0.15) is 0 Å². The lowest BCUT2D eigenvalue weighted by Crippen LogP contribution is -1.83. The number of benzene rings is 1. The summed E-state index contributed by atoms with van der Waals surface area (Å²) in [6, 6.07) is 10.3. The molecule has 0 amide bonds. The van der Waals surface area contributed by atoms with Gasteiger partial charge in [-0.1, -0.05) is 54.9 Å². The van der Waals surface area contributed by atoms with E-state index in [0.29, 0.717) is 0 Å². The van der Waals surface area contributed by atoms with Crippen LogP contribution in [0.1, 0.15) is 18.9 Å². The molecular formula is C11H13Cl. The summed E-state index contributed by atoms with van der Waals surface area (Å²) < 4.78 is 0. The highest BCUT2D eigenvalue weighted by Gasteiger charge is 1.93. The maximum atomic E-state index is 5.98. The van der Waals surface area contributed by atoms with Crippen molar-refractivity contribution in [2.75, 3.05) is 0 Å². The Hall–Kier alpha value is -0.750. The molecule has 0 nitrogen and oxygen atoms in total. The molecule has 0 saturated carbocycles. The fourth-order valence-corrected chi connectivity index (χ4v) is 1.39. The molecular weight excluding hydrogens is 168 g/mol. The molecule has 0 radical (unpaired) electrons. The molecule has 0 aliphatic rings. The van der Waals surface area contributed by atoms with Gasteiger partial charge in [-0.05, 0) is 12.0 Å². The minimum Gasteiger partial charge on any atom is -0.0891 e. The van der Waals surface area contributed by atoms with Crippen LogP contribution in [0.4, 0.5) is 0 Å². The van der Waals surface area contributed by atoms with Crippen LogP contribution in [-0.2, 0) is 6.42 Å². The predicted octanol–water partition coefficient (Wildman–Crippen LogP) is 3.76. The third-order valence-electron chi connectivity index (χ3n) is 1.64. The Morgan fingerprint density at radius 1 is 1.33 bits per heavy atom. The fraction of sp³-hybridized carbons (Fsp3) is 0.273. The number of hydrogen-bond donors (Lipinski definition) is 0. The minimum atomic E-state index is 0.857. The lowest BCUT2D eigenvalue weighted by molar-refractivity contribution is 1.16. The number of allylic oxidation sites excluding steroid dienone is 2. The third-order valence-corrected chi connectivity index (χ3v) is 1.93. The maximum Gasteiger partial charge on any atom is 0.0184 e. The molecule has 64 valence electrons. The van der Waals surface area contributed by atoms with Gasteiger partial charge in [-0.3, -0.25) is 0 Å². The first-order valence-corrected chi connectivity index (χ1v) is 4.59. The average molecular weight is 181 g/mol. The molecule has 0 aliphatic heterocycles. The van der Waals surface area contributed by atoms with Gasteiger partial charge in [0.2, 0.25) is 0 Å². The first kappa shape index (κ1) is 9.34. The second-order valence-electron chi connectivity index (χ2n) is 2.72. The minimum absolute atomic E-state index is 0.857. The lowest BCUT2D eigenvalue weighted by atomic mass is 10.1. The molecule has 0 saturated heterocycles. The van der Waals surface area contributed by atoms with Crippen LogP contribution in [0, 0.1) is 0 Å². The van der Waals surface area contributed by atoms with Gasteiger partial charge in [0.15, 0.2) is 0 Å². The summed E-state index contributed by atoms with van der Waals surface area (Å²) in [6.45, 7) is 2.09. The molecule has 0 unspecified atom stereocenters. The zero-order valence-electron chi connectivity index (χ0n) is 7.26. The fourth-order valence-electron chi connectivity index (χ4n) is 1.08. The van der Waals surface area contributed by atoms with E-state index in [2.05, 4.69) is 25.1 Å². The average Bonchev–Trinajstić information content (AvgIpc) is 2.06. The van der Waals surface area contributed by atoms with Gasteiger partial charge in [-0.25, -0.2) is 0 Å². The van der Waals surface area contributed by atoms with Crippen LogP contribution in [0.5, 0.6) is 0 Å². The first-order valence-electron chi connectivity index (χ1n) is 4.21. The molecule has 0 bridgehead atoms. The third kappa shape index (κ3) is 3.10. The van der Waals surface area contributed by atoms with Crippen molar-refractivity contribution in [1.82, 2.24) is 0 Å². The molecule has 1 rings (SSSR count). The van der Waals surface area contributed by atoms with Crippen LogP contribution in [0.3, 0.4) is 0 Å². The normalized spacial score (nSPS) is 11.7. The van der Waals surface area contributed by atoms with Crippen molar-refractivity contribution in [2.45, 2.75) is 19.8 Å². The van der Waals surface area contributed by atoms with E-state index in [1.807, 2.05) is 18.2 Å². The van der Waals surface area contributed by atoms with E-state index in [-0.39, 0.29) is 0 Å². The Labute approximate surface area is 78.9 Å². The number of hydrogen-bond acceptors (Lipinski definition) is 0. The second-order valence-corrected chi connectivity index (χ2v) is 3.21. The van der Waals surface area contributed by atoms with E-state index in [9.17, 15) is 0 Å². The van der Waals surface area contributed by atoms with Crippen molar-refractivity contribution in [1.29, 1.82) is 0 Å². The summed E-state index contributed by atoms with van der Waals surface area (Å²) in [4.78, 5) is 0. The number of rotatable bonds is 3. The van der Waals surface area contributed by atoms with Crippen molar-refractivity contribution in [3.63, 3.8) is 0 Å². The highest BCUT2D eigenvalue weighted by Crippen LogP contribution is 2.11. The molecule has 1 aromatic rings. The topological polar surface area (TPSA) is 0 Å². The Balaban J connectivity index is 2.58. The van der Waals surface area contributed by atoms with Crippen molar-refractivity contribution in [3.8, 4) is 0 Å². The van der Waals surface area contributed by atoms with Gasteiger partial charge in [0.05, 0.1) is 0 Å². The summed E-state index contributed by atoms with van der Waals surface area (Å²) in [5, 5.41) is 0.934. The molecule has 0 N–H and O–H groups in total. The second kappa shape index (κ2) is 5.00. The van der Waals surface area contributed by atoms with E-state index in [4.69, 9.17) is 11.6 Å². The summed E-state index contributed by atoms with van der Waals surface area (Å²) in [5.41, 5.74) is 1.27. The zero-order valence-corrected chi connectivity index (χ0v) is 8.01. The van der Waals surface area contributed by atoms with Gasteiger partial charge in [0.25, 0.3) is 0 Å². The van der Waals surface area contributed by atoms with Crippen molar-refractivity contribution in [3.05, 3.63) is 47.0 Å². The molecule has 0 fully saturated rings. The summed E-state index contributed by atoms with van der Waals surface area (Å²) in [5.74, 6) is 0. The standard InChI is InChI=1S/C11H13Cl/c1-2-6-11(12)9-10-7-4-3-5-8-10/h3-8H,2,9H2,1H3. The van der Waals surface area contributed by atoms with Crippen LogP contribution < -0.4 is 0 Å². The maximum absolute atomic E-state index is 5.98. The van der Waals surface area contributed by atoms with Gasteiger partial charge in [-0.15, -0.1) is 0 Å². The van der Waals surface area contributed by atoms with E-state index in [0.717, 1.165) is 17.9 Å². The van der Waals surface area contributed by atoms with Crippen LogP contribution in [0.15, 0.2) is 41.4 Å². The molecule has 0 heterocycles. The van der Waals surface area contributed by atoms with Crippen molar-refractivity contribution in [2.24, 2.45) is 0 Å². The molecule has 1 heteroatoms. The van der Waals surface area contributed by atoms with Crippen LogP contribution in [-0.4, -0.2) is 0 Å². The lowest BCUT2D eigenvalue weighted by Gasteiger charge is -1.98. The van der Waals surface area contributed by atoms with Gasteiger partial charge in [0, 0.05) is 11.5 Å². The molecule has 0 atom stereocenters. The van der Waals surface area contributed by atoms with E-state index in [1.165, 1.54) is 5.56 Å². The number of halogens is 1. The molecule has 0 aliphatic carbocycles. The van der Waals surface area contributed by atoms with Crippen LogP contribution >= 0.6 is 11.6 Å². The molecule has 12 heavy (non-hydrogen) atoms. The van der Waals surface area contributed by atoms with E-state index >= 15 is 0 Å². The highest BCUT2D eigenvalue weighted by molar-refractivity contribution is 6.29. The quantitative estimate of drug-likeness (QED) is 0.665. The summed E-state index contributed by atoms with van der Waals surface area (Å²) in [6.07, 6.45) is 3.91. The predicted molar refractivity (Wildman–Crippen MR) is 54.4 cm³/mol. The molecule has 0 aromatic heterocycles. The monoisotopic (exact) mass is 180 g/mol. The van der Waals surface area contributed by atoms with Crippen molar-refractivity contribution < 1.29 is 0 Å². The van der Waals surface area contributed by atoms with E-state index < -0.39 is 0 Å². The zero-order chi connectivity index (χ0) is 8.81. The Morgan fingerprint density at radius 3 is 2.58 bits per heavy atom. The van der Waals surface area contributed by atoms with Gasteiger partial charge >= 0.3 is 0 Å². The Morgan fingerprint density at radius 2 is 2.00 bits per heavy atom. The van der Waals surface area contributed by atoms with Gasteiger partial charge < -0.3 is 0 Å². The molecule has 1 aromatic carbocycles. The largest absolute Gasteiger partial charge is 0.0891 e. The highest BCUT2D eigenvalue weighted by atomic mass is 35.5. The van der Waals surface area contributed by atoms with Crippen molar-refractivity contribution >= 4 is 11.6 Å². The van der Waals surface area contributed by atoms with E-state index in [1.54, 1.807) is 0 Å². The summed E-state index contributed by atoms with van der Waals surface area (Å²) >= 11 is 5.98. The molecule has 0 spiro atoms. The van der Waals surface area contributed by atoms with Crippen LogP contribution in [0.25, 0.3) is 0 Å². The Bertz CT molecular complexity index is 249. The smallest absolute Gasteiger partial charge is 0.0184 e. The summed E-state index contributed by atoms with van der Waals surface area (Å²) in [7, 11) is 0. The van der Waals surface area contributed by atoms with Gasteiger partial charge in [0.1, 0.15) is 0 Å². The Kier molecular flexibility index (Phi) is 3.89. The SMILES string of the molecule is CCC=C(Cl)Cc1ccccc1.